The molecule has 102 valence electrons. The lowest BCUT2D eigenvalue weighted by molar-refractivity contribution is 0.0976. The van der Waals surface area contributed by atoms with Crippen LogP contribution < -0.4 is 0 Å². The molecular weight excluding hydrogens is 272 g/mol. The fourth-order valence-corrected chi connectivity index (χ4v) is 4.34. The first-order valence-corrected chi connectivity index (χ1v) is 8.06. The average molecular weight is 286 g/mol. The van der Waals surface area contributed by atoms with Gasteiger partial charge in [0.2, 0.25) is 0 Å². The number of ketones is 1. The van der Waals surface area contributed by atoms with Crippen LogP contribution >= 0.6 is 0 Å². The number of benzene rings is 2. The molecule has 3 nitrogen and oxygen atoms in total. The Kier molecular flexibility index (Phi) is 3.18. The van der Waals surface area contributed by atoms with E-state index < -0.39 is 15.1 Å². The van der Waals surface area contributed by atoms with Crippen molar-refractivity contribution in [1.29, 1.82) is 0 Å². The molecule has 2 aromatic rings. The van der Waals surface area contributed by atoms with Crippen LogP contribution in [0.15, 0.2) is 59.5 Å². The normalized spacial score (nSPS) is 18.6. The molecule has 0 heterocycles. The van der Waals surface area contributed by atoms with Gasteiger partial charge in [0.15, 0.2) is 15.6 Å². The number of hydrogen-bond donors (Lipinski definition) is 0. The lowest BCUT2D eigenvalue weighted by Crippen LogP contribution is -2.34. The van der Waals surface area contributed by atoms with Gasteiger partial charge >= 0.3 is 0 Å². The van der Waals surface area contributed by atoms with Gasteiger partial charge in [-0.25, -0.2) is 8.42 Å². The highest BCUT2D eigenvalue weighted by molar-refractivity contribution is 7.92. The molecule has 3 rings (SSSR count). The molecule has 1 aliphatic rings. The summed E-state index contributed by atoms with van der Waals surface area (Å²) in [6.07, 6.45) is 0.978. The van der Waals surface area contributed by atoms with Crippen LogP contribution in [0.25, 0.3) is 0 Å². The van der Waals surface area contributed by atoms with Crippen molar-refractivity contribution in [2.24, 2.45) is 0 Å². The SMILES string of the molecule is O=C1c2ccccc2CC[C@@H]1S(=O)(=O)c1ccccc1. The molecule has 0 aromatic heterocycles. The van der Waals surface area contributed by atoms with Crippen LogP contribution in [0.1, 0.15) is 22.3 Å². The van der Waals surface area contributed by atoms with Crippen molar-refractivity contribution in [3.8, 4) is 0 Å². The van der Waals surface area contributed by atoms with Gasteiger partial charge in [-0.1, -0.05) is 42.5 Å². The Balaban J connectivity index is 2.03. The monoisotopic (exact) mass is 286 g/mol. The van der Waals surface area contributed by atoms with Crippen molar-refractivity contribution < 1.29 is 13.2 Å². The molecule has 0 fully saturated rings. The van der Waals surface area contributed by atoms with E-state index in [1.165, 1.54) is 0 Å². The first kappa shape index (κ1) is 13.1. The van der Waals surface area contributed by atoms with Crippen molar-refractivity contribution in [1.82, 2.24) is 0 Å². The third-order valence-corrected chi connectivity index (χ3v) is 5.83. The second-order valence-electron chi connectivity index (χ2n) is 4.91. The Morgan fingerprint density at radius 2 is 1.55 bits per heavy atom. The smallest absolute Gasteiger partial charge is 0.188 e. The van der Waals surface area contributed by atoms with Crippen LogP contribution in [0, 0.1) is 0 Å². The molecule has 0 radical (unpaired) electrons. The van der Waals surface area contributed by atoms with Crippen LogP contribution in [-0.2, 0) is 16.3 Å². The summed E-state index contributed by atoms with van der Waals surface area (Å²) in [4.78, 5) is 12.7. The summed E-state index contributed by atoms with van der Waals surface area (Å²) in [6, 6.07) is 15.4. The fourth-order valence-electron chi connectivity index (χ4n) is 2.64. The van der Waals surface area contributed by atoms with Crippen molar-refractivity contribution in [2.45, 2.75) is 23.0 Å². The maximum Gasteiger partial charge on any atom is 0.188 e. The minimum Gasteiger partial charge on any atom is -0.293 e. The summed E-state index contributed by atoms with van der Waals surface area (Å²) in [6.45, 7) is 0. The van der Waals surface area contributed by atoms with Gasteiger partial charge in [-0.15, -0.1) is 0 Å². The van der Waals surface area contributed by atoms with Gasteiger partial charge < -0.3 is 0 Å². The predicted molar refractivity (Wildman–Crippen MR) is 76.5 cm³/mol. The third-order valence-electron chi connectivity index (χ3n) is 3.70. The largest absolute Gasteiger partial charge is 0.293 e. The van der Waals surface area contributed by atoms with Gasteiger partial charge in [0, 0.05) is 5.56 Å². The van der Waals surface area contributed by atoms with Gasteiger partial charge in [-0.05, 0) is 30.5 Å². The van der Waals surface area contributed by atoms with Gasteiger partial charge in [-0.2, -0.15) is 0 Å². The molecule has 0 unspecified atom stereocenters. The first-order chi connectivity index (χ1) is 9.60. The van der Waals surface area contributed by atoms with E-state index in [1.54, 1.807) is 42.5 Å². The molecule has 0 amide bonds. The van der Waals surface area contributed by atoms with Gasteiger partial charge in [0.25, 0.3) is 0 Å². The maximum atomic E-state index is 12.6. The summed E-state index contributed by atoms with van der Waals surface area (Å²) in [5.41, 5.74) is 1.49. The minimum atomic E-state index is -3.60. The number of carbonyl (C=O) groups excluding carboxylic acids is 1. The number of hydrogen-bond acceptors (Lipinski definition) is 3. The van der Waals surface area contributed by atoms with Gasteiger partial charge in [-0.3, -0.25) is 4.79 Å². The Morgan fingerprint density at radius 1 is 0.900 bits per heavy atom. The molecule has 0 saturated carbocycles. The molecule has 20 heavy (non-hydrogen) atoms. The highest BCUT2D eigenvalue weighted by atomic mass is 32.2. The van der Waals surface area contributed by atoms with Crippen LogP contribution in [0.2, 0.25) is 0 Å². The summed E-state index contributed by atoms with van der Waals surface area (Å²) in [5, 5.41) is -0.959. The summed E-state index contributed by atoms with van der Waals surface area (Å²) in [5.74, 6) is -0.282. The lowest BCUT2D eigenvalue weighted by Gasteiger charge is -2.23. The second-order valence-corrected chi connectivity index (χ2v) is 7.04. The summed E-state index contributed by atoms with van der Waals surface area (Å²) < 4.78 is 25.2. The van der Waals surface area contributed by atoms with Crippen molar-refractivity contribution >= 4 is 15.6 Å². The fraction of sp³-hybridized carbons (Fsp3) is 0.188. The predicted octanol–water partition coefficient (Wildman–Crippen LogP) is 2.66. The van der Waals surface area contributed by atoms with E-state index in [0.29, 0.717) is 18.4 Å². The van der Waals surface area contributed by atoms with E-state index in [0.717, 1.165) is 5.56 Å². The Bertz CT molecular complexity index is 748. The second kappa shape index (κ2) is 4.87. The molecule has 0 spiro atoms. The number of Topliss-reactive ketones (excluding diaryl/α,β-unsaturated/α-hetero) is 1. The van der Waals surface area contributed by atoms with Crippen molar-refractivity contribution in [3.05, 3.63) is 65.7 Å². The highest BCUT2D eigenvalue weighted by Gasteiger charge is 2.37. The minimum absolute atomic E-state index is 0.220. The number of sulfone groups is 1. The van der Waals surface area contributed by atoms with E-state index in [4.69, 9.17) is 0 Å². The molecule has 0 bridgehead atoms. The van der Waals surface area contributed by atoms with E-state index >= 15 is 0 Å². The lowest BCUT2D eigenvalue weighted by atomic mass is 9.90. The summed E-state index contributed by atoms with van der Waals surface area (Å²) >= 11 is 0. The number of aryl methyl sites for hydroxylation is 1. The topological polar surface area (TPSA) is 51.2 Å². The van der Waals surface area contributed by atoms with Crippen molar-refractivity contribution in [3.63, 3.8) is 0 Å². The molecule has 0 aliphatic heterocycles. The zero-order chi connectivity index (χ0) is 14.2. The van der Waals surface area contributed by atoms with E-state index in [1.807, 2.05) is 12.1 Å². The molecule has 4 heteroatoms. The van der Waals surface area contributed by atoms with E-state index in [9.17, 15) is 13.2 Å². The van der Waals surface area contributed by atoms with Crippen LogP contribution in [0.3, 0.4) is 0 Å². The zero-order valence-electron chi connectivity index (χ0n) is 10.8. The molecule has 2 aromatic carbocycles. The van der Waals surface area contributed by atoms with Crippen LogP contribution in [-0.4, -0.2) is 19.5 Å². The quantitative estimate of drug-likeness (QED) is 0.853. The molecule has 0 N–H and O–H groups in total. The molecule has 1 atom stereocenters. The average Bonchev–Trinajstić information content (AvgIpc) is 2.48. The summed E-state index contributed by atoms with van der Waals surface area (Å²) in [7, 11) is -3.60. The van der Waals surface area contributed by atoms with Gasteiger partial charge in [0.05, 0.1) is 4.90 Å². The van der Waals surface area contributed by atoms with Crippen LogP contribution in [0.4, 0.5) is 0 Å². The third kappa shape index (κ3) is 2.06. The highest BCUT2D eigenvalue weighted by Crippen LogP contribution is 2.28. The first-order valence-electron chi connectivity index (χ1n) is 6.52. The van der Waals surface area contributed by atoms with E-state index in [-0.39, 0.29) is 10.7 Å². The molecular formula is C16H14O3S. The van der Waals surface area contributed by atoms with Crippen molar-refractivity contribution in [2.75, 3.05) is 0 Å². The Morgan fingerprint density at radius 3 is 2.30 bits per heavy atom. The maximum absolute atomic E-state index is 12.6. The van der Waals surface area contributed by atoms with E-state index in [2.05, 4.69) is 0 Å². The Labute approximate surface area is 118 Å². The Hall–Kier alpha value is -1.94. The van der Waals surface area contributed by atoms with Crippen LogP contribution in [0.5, 0.6) is 0 Å². The molecule has 1 aliphatic carbocycles. The zero-order valence-corrected chi connectivity index (χ0v) is 11.6. The molecule has 0 saturated heterocycles. The number of carbonyl (C=O) groups is 1. The number of rotatable bonds is 2. The number of fused-ring (bicyclic) bond motifs is 1. The standard InChI is InChI=1S/C16H14O3S/c17-16-14-9-5-4-6-12(14)10-11-15(16)20(18,19)13-7-2-1-3-8-13/h1-9,15H,10-11H2/t15-/m0/s1. The van der Waals surface area contributed by atoms with Gasteiger partial charge in [0.1, 0.15) is 5.25 Å².